The van der Waals surface area contributed by atoms with E-state index in [1.54, 1.807) is 24.3 Å². The lowest BCUT2D eigenvalue weighted by Gasteiger charge is -2.13. The van der Waals surface area contributed by atoms with Crippen molar-refractivity contribution in [2.75, 3.05) is 13.2 Å². The molecule has 0 radical (unpaired) electrons. The van der Waals surface area contributed by atoms with Crippen LogP contribution in [0.3, 0.4) is 0 Å². The van der Waals surface area contributed by atoms with Gasteiger partial charge in [0, 0.05) is 5.56 Å². The van der Waals surface area contributed by atoms with Crippen molar-refractivity contribution in [2.45, 2.75) is 38.7 Å². The maximum Gasteiger partial charge on any atom is 0.335 e. The first-order valence-electron chi connectivity index (χ1n) is 9.45. The fraction of sp³-hybridized carbons (Fsp3) is 0.364. The predicted molar refractivity (Wildman–Crippen MR) is 105 cm³/mol. The van der Waals surface area contributed by atoms with Crippen LogP contribution >= 0.6 is 0 Å². The number of benzene rings is 2. The molecule has 0 saturated heterocycles. The lowest BCUT2D eigenvalue weighted by atomic mass is 10.1. The van der Waals surface area contributed by atoms with Gasteiger partial charge in [0.05, 0.1) is 18.7 Å². The Balaban J connectivity index is 1.52. The molecule has 1 aliphatic rings. The van der Waals surface area contributed by atoms with E-state index in [-0.39, 0.29) is 11.7 Å². The van der Waals surface area contributed by atoms with Gasteiger partial charge in [-0.25, -0.2) is 9.79 Å². The third-order valence-corrected chi connectivity index (χ3v) is 4.55. The van der Waals surface area contributed by atoms with Gasteiger partial charge in [-0.15, -0.1) is 0 Å². The van der Waals surface area contributed by atoms with E-state index < -0.39 is 5.97 Å². The molecule has 0 fully saturated rings. The van der Waals surface area contributed by atoms with Crippen molar-refractivity contribution in [3.05, 3.63) is 65.2 Å². The number of carboxylic acid groups (broad SMARTS) is 1. The van der Waals surface area contributed by atoms with Gasteiger partial charge in [0.25, 0.3) is 0 Å². The average molecular weight is 367 g/mol. The number of nitrogens with zero attached hydrogens (tertiary/aromatic N) is 1. The summed E-state index contributed by atoms with van der Waals surface area (Å²) in [5.74, 6) is 0.480. The van der Waals surface area contributed by atoms with Crippen LogP contribution in [-0.2, 0) is 4.74 Å². The lowest BCUT2D eigenvalue weighted by molar-refractivity contribution is 0.0697. The first-order chi connectivity index (χ1) is 13.2. The Kier molecular flexibility index (Phi) is 6.47. The molecule has 2 aromatic rings. The smallest absolute Gasteiger partial charge is 0.335 e. The molecule has 1 atom stereocenters. The minimum Gasteiger partial charge on any atom is -0.494 e. The van der Waals surface area contributed by atoms with Gasteiger partial charge in [-0.1, -0.05) is 38.3 Å². The Morgan fingerprint density at radius 2 is 1.85 bits per heavy atom. The molecule has 5 nitrogen and oxygen atoms in total. The normalized spacial score (nSPS) is 15.9. The van der Waals surface area contributed by atoms with E-state index in [0.29, 0.717) is 12.4 Å². The summed E-state index contributed by atoms with van der Waals surface area (Å²) in [6, 6.07) is 14.5. The molecule has 1 aliphatic heterocycles. The van der Waals surface area contributed by atoms with Crippen molar-refractivity contribution in [3.8, 4) is 5.75 Å². The van der Waals surface area contributed by atoms with Crippen LogP contribution in [0, 0.1) is 0 Å². The zero-order valence-electron chi connectivity index (χ0n) is 15.6. The summed E-state index contributed by atoms with van der Waals surface area (Å²) in [4.78, 5) is 15.4. The van der Waals surface area contributed by atoms with Crippen LogP contribution in [0.4, 0.5) is 0 Å². The molecule has 0 amide bonds. The van der Waals surface area contributed by atoms with Gasteiger partial charge < -0.3 is 14.6 Å². The number of unbranched alkanes of at least 4 members (excludes halogenated alkanes) is 3. The zero-order chi connectivity index (χ0) is 19.1. The quantitative estimate of drug-likeness (QED) is 0.643. The van der Waals surface area contributed by atoms with E-state index in [1.807, 2.05) is 24.3 Å². The van der Waals surface area contributed by atoms with Crippen molar-refractivity contribution < 1.29 is 19.4 Å². The second-order valence-corrected chi connectivity index (χ2v) is 6.61. The molecule has 1 heterocycles. The molecular weight excluding hydrogens is 342 g/mol. The largest absolute Gasteiger partial charge is 0.494 e. The Morgan fingerprint density at radius 3 is 2.52 bits per heavy atom. The summed E-state index contributed by atoms with van der Waals surface area (Å²) in [6.45, 7) is 3.50. The summed E-state index contributed by atoms with van der Waals surface area (Å²) in [5.41, 5.74) is 2.09. The maximum absolute atomic E-state index is 10.9. The Labute approximate surface area is 159 Å². The minimum atomic E-state index is -0.943. The van der Waals surface area contributed by atoms with Crippen molar-refractivity contribution in [3.63, 3.8) is 0 Å². The van der Waals surface area contributed by atoms with Gasteiger partial charge in [-0.2, -0.15) is 0 Å². The van der Waals surface area contributed by atoms with E-state index in [9.17, 15) is 4.79 Å². The third-order valence-electron chi connectivity index (χ3n) is 4.55. The number of carboxylic acids is 1. The van der Waals surface area contributed by atoms with Crippen LogP contribution in [0.2, 0.25) is 0 Å². The summed E-state index contributed by atoms with van der Waals surface area (Å²) >= 11 is 0. The molecule has 0 aromatic heterocycles. The zero-order valence-corrected chi connectivity index (χ0v) is 15.6. The monoisotopic (exact) mass is 367 g/mol. The second-order valence-electron chi connectivity index (χ2n) is 6.61. The Morgan fingerprint density at radius 1 is 1.11 bits per heavy atom. The number of carbonyl (C=O) groups is 1. The van der Waals surface area contributed by atoms with E-state index >= 15 is 0 Å². The van der Waals surface area contributed by atoms with E-state index in [0.717, 1.165) is 29.9 Å². The Bertz CT molecular complexity index is 781. The summed E-state index contributed by atoms with van der Waals surface area (Å²) in [5, 5.41) is 8.97. The molecule has 0 saturated carbocycles. The van der Waals surface area contributed by atoms with Crippen molar-refractivity contribution in [1.82, 2.24) is 0 Å². The van der Waals surface area contributed by atoms with Gasteiger partial charge in [0.1, 0.15) is 11.9 Å². The van der Waals surface area contributed by atoms with Crippen LogP contribution in [0.1, 0.15) is 60.2 Å². The molecule has 3 rings (SSSR count). The lowest BCUT2D eigenvalue weighted by Crippen LogP contribution is -2.07. The molecule has 142 valence electrons. The fourth-order valence-corrected chi connectivity index (χ4v) is 2.96. The maximum atomic E-state index is 10.9. The van der Waals surface area contributed by atoms with Crippen LogP contribution in [0.25, 0.3) is 0 Å². The number of hydrogen-bond acceptors (Lipinski definition) is 4. The van der Waals surface area contributed by atoms with Crippen LogP contribution in [0.15, 0.2) is 53.5 Å². The Hall–Kier alpha value is -2.82. The molecule has 2 aromatic carbocycles. The molecule has 27 heavy (non-hydrogen) atoms. The van der Waals surface area contributed by atoms with Crippen LogP contribution in [0.5, 0.6) is 5.75 Å². The van der Waals surface area contributed by atoms with Crippen molar-refractivity contribution in [2.24, 2.45) is 4.99 Å². The van der Waals surface area contributed by atoms with Gasteiger partial charge in [-0.3, -0.25) is 0 Å². The highest BCUT2D eigenvalue weighted by Crippen LogP contribution is 2.27. The highest BCUT2D eigenvalue weighted by atomic mass is 16.5. The van der Waals surface area contributed by atoms with Gasteiger partial charge in [0.2, 0.25) is 5.90 Å². The molecule has 0 aliphatic carbocycles. The summed E-state index contributed by atoms with van der Waals surface area (Å²) in [6.07, 6.45) is 4.64. The van der Waals surface area contributed by atoms with E-state index in [1.165, 1.54) is 19.3 Å². The van der Waals surface area contributed by atoms with Crippen LogP contribution in [-0.4, -0.2) is 30.1 Å². The SMILES string of the molecule is CCCCCCOc1ccc(C2CN=C(c3ccc(C(=O)O)cc3)O2)cc1. The van der Waals surface area contributed by atoms with Crippen LogP contribution < -0.4 is 4.74 Å². The van der Waals surface area contributed by atoms with Gasteiger partial charge in [-0.05, 0) is 48.4 Å². The van der Waals surface area contributed by atoms with E-state index in [2.05, 4.69) is 11.9 Å². The van der Waals surface area contributed by atoms with E-state index in [4.69, 9.17) is 14.6 Å². The predicted octanol–water partition coefficient (Wildman–Crippen LogP) is 4.86. The summed E-state index contributed by atoms with van der Waals surface area (Å²) < 4.78 is 11.7. The molecular formula is C22H25NO4. The fourth-order valence-electron chi connectivity index (χ4n) is 2.96. The average Bonchev–Trinajstić information content (AvgIpc) is 3.18. The number of aliphatic imine (C=N–C) groups is 1. The standard InChI is InChI=1S/C22H25NO4/c1-2-3-4-5-14-26-19-12-10-16(11-13-19)20-15-23-21(27-20)17-6-8-18(9-7-17)22(24)25/h6-13,20H,2-5,14-15H2,1H3,(H,24,25). The third kappa shape index (κ3) is 5.09. The molecule has 1 unspecified atom stereocenters. The second kappa shape index (κ2) is 9.21. The molecule has 1 N–H and O–H groups in total. The number of ether oxygens (including phenoxy) is 2. The topological polar surface area (TPSA) is 68.1 Å². The minimum absolute atomic E-state index is 0.127. The number of aromatic carboxylic acids is 1. The number of rotatable bonds is 9. The van der Waals surface area contributed by atoms with Crippen molar-refractivity contribution >= 4 is 11.9 Å². The summed E-state index contributed by atoms with van der Waals surface area (Å²) in [7, 11) is 0. The van der Waals surface area contributed by atoms with Crippen molar-refractivity contribution in [1.29, 1.82) is 0 Å². The molecule has 0 spiro atoms. The molecule has 0 bridgehead atoms. The highest BCUT2D eigenvalue weighted by molar-refractivity contribution is 5.96. The highest BCUT2D eigenvalue weighted by Gasteiger charge is 2.22. The van der Waals surface area contributed by atoms with Gasteiger partial charge in [0.15, 0.2) is 0 Å². The first kappa shape index (κ1) is 19.0. The number of hydrogen-bond donors (Lipinski definition) is 1. The van der Waals surface area contributed by atoms with Gasteiger partial charge >= 0.3 is 5.97 Å². The first-order valence-corrected chi connectivity index (χ1v) is 9.45. The molecule has 5 heteroatoms.